The van der Waals surface area contributed by atoms with E-state index in [0.717, 1.165) is 30.3 Å². The zero-order valence-corrected chi connectivity index (χ0v) is 16.6. The van der Waals surface area contributed by atoms with Gasteiger partial charge >= 0.3 is 0 Å². The number of rotatable bonds is 5. The molecule has 0 radical (unpaired) electrons. The summed E-state index contributed by atoms with van der Waals surface area (Å²) in [4.78, 5) is 47.1. The van der Waals surface area contributed by atoms with Gasteiger partial charge in [-0.1, -0.05) is 12.1 Å². The molecule has 0 N–H and O–H groups in total. The molecule has 1 aromatic carbocycles. The first kappa shape index (κ1) is 18.8. The summed E-state index contributed by atoms with van der Waals surface area (Å²) < 4.78 is 0. The number of hydrogen-bond donors (Lipinski definition) is 0. The molecule has 2 aliphatic heterocycles. The summed E-state index contributed by atoms with van der Waals surface area (Å²) in [5.41, 5.74) is 1.92. The smallest absolute Gasteiger partial charge is 0.261 e. The van der Waals surface area contributed by atoms with Gasteiger partial charge in [-0.15, -0.1) is 11.3 Å². The second kappa shape index (κ2) is 7.81. The molecule has 146 valence electrons. The molecule has 0 bridgehead atoms. The normalized spacial score (nSPS) is 17.3. The van der Waals surface area contributed by atoms with Crippen molar-refractivity contribution in [2.75, 3.05) is 32.7 Å². The fourth-order valence-electron chi connectivity index (χ4n) is 3.67. The van der Waals surface area contributed by atoms with Crippen molar-refractivity contribution in [3.8, 4) is 0 Å². The van der Waals surface area contributed by atoms with Gasteiger partial charge < -0.3 is 4.90 Å². The number of thiazole rings is 1. The molecule has 1 saturated heterocycles. The fourth-order valence-corrected chi connectivity index (χ4v) is 4.28. The van der Waals surface area contributed by atoms with E-state index >= 15 is 0 Å². The number of benzene rings is 1. The molecule has 2 aromatic rings. The number of amides is 3. The van der Waals surface area contributed by atoms with E-state index in [1.807, 2.05) is 11.8 Å². The van der Waals surface area contributed by atoms with E-state index in [4.69, 9.17) is 0 Å². The van der Waals surface area contributed by atoms with Gasteiger partial charge in [-0.2, -0.15) is 0 Å². The van der Waals surface area contributed by atoms with Crippen LogP contribution in [0.5, 0.6) is 0 Å². The topological polar surface area (TPSA) is 73.8 Å². The lowest BCUT2D eigenvalue weighted by Crippen LogP contribution is -2.49. The van der Waals surface area contributed by atoms with Gasteiger partial charge in [0.15, 0.2) is 0 Å². The largest absolute Gasteiger partial charge is 0.340 e. The average Bonchev–Trinajstić information content (AvgIpc) is 3.22. The Morgan fingerprint density at radius 3 is 2.29 bits per heavy atom. The molecule has 8 heteroatoms. The summed E-state index contributed by atoms with van der Waals surface area (Å²) in [6.07, 6.45) is 0.163. The van der Waals surface area contributed by atoms with E-state index in [0.29, 0.717) is 24.2 Å². The Bertz CT molecular complexity index is 883. The van der Waals surface area contributed by atoms with Crippen LogP contribution in [0.3, 0.4) is 0 Å². The molecular weight excluding hydrogens is 376 g/mol. The SMILES string of the molecule is Cc1nc(CN2CCN(C(=O)CCN3C(=O)c4ccccc4C3=O)CC2)cs1. The Morgan fingerprint density at radius 1 is 1.07 bits per heavy atom. The van der Waals surface area contributed by atoms with Crippen molar-refractivity contribution in [2.45, 2.75) is 19.9 Å². The molecule has 0 saturated carbocycles. The summed E-state index contributed by atoms with van der Waals surface area (Å²) in [6.45, 7) is 5.85. The average molecular weight is 398 g/mol. The lowest BCUT2D eigenvalue weighted by molar-refractivity contribution is -0.133. The molecule has 1 fully saturated rings. The summed E-state index contributed by atoms with van der Waals surface area (Å²) >= 11 is 1.65. The summed E-state index contributed by atoms with van der Waals surface area (Å²) in [5, 5.41) is 3.14. The fraction of sp³-hybridized carbons (Fsp3) is 0.400. The minimum atomic E-state index is -0.309. The lowest BCUT2D eigenvalue weighted by atomic mass is 10.1. The molecule has 28 heavy (non-hydrogen) atoms. The summed E-state index contributed by atoms with van der Waals surface area (Å²) in [6, 6.07) is 6.79. The highest BCUT2D eigenvalue weighted by molar-refractivity contribution is 7.09. The number of hydrogen-bond acceptors (Lipinski definition) is 6. The van der Waals surface area contributed by atoms with Gasteiger partial charge in [0.05, 0.1) is 21.8 Å². The maximum Gasteiger partial charge on any atom is 0.261 e. The van der Waals surface area contributed by atoms with E-state index in [1.54, 1.807) is 35.6 Å². The van der Waals surface area contributed by atoms with Gasteiger partial charge in [0.25, 0.3) is 11.8 Å². The first-order valence-corrected chi connectivity index (χ1v) is 10.3. The van der Waals surface area contributed by atoms with Gasteiger partial charge in [-0.3, -0.25) is 24.2 Å². The van der Waals surface area contributed by atoms with Gasteiger partial charge in [0, 0.05) is 51.1 Å². The molecule has 7 nitrogen and oxygen atoms in total. The van der Waals surface area contributed by atoms with Crippen molar-refractivity contribution in [1.29, 1.82) is 0 Å². The third-order valence-corrected chi connectivity index (χ3v) is 6.03. The van der Waals surface area contributed by atoms with E-state index in [1.165, 1.54) is 4.90 Å². The minimum absolute atomic E-state index is 0.0132. The molecule has 2 aliphatic rings. The van der Waals surface area contributed by atoms with Gasteiger partial charge in [-0.25, -0.2) is 4.98 Å². The van der Waals surface area contributed by atoms with E-state index in [2.05, 4.69) is 15.3 Å². The highest BCUT2D eigenvalue weighted by atomic mass is 32.1. The first-order valence-electron chi connectivity index (χ1n) is 9.39. The van der Waals surface area contributed by atoms with Crippen LogP contribution < -0.4 is 0 Å². The van der Waals surface area contributed by atoms with Gasteiger partial charge in [-0.05, 0) is 19.1 Å². The van der Waals surface area contributed by atoms with Gasteiger partial charge in [0.1, 0.15) is 0 Å². The second-order valence-electron chi connectivity index (χ2n) is 7.07. The summed E-state index contributed by atoms with van der Waals surface area (Å²) in [5.74, 6) is -0.630. The van der Waals surface area contributed by atoms with Crippen molar-refractivity contribution in [2.24, 2.45) is 0 Å². The zero-order valence-electron chi connectivity index (χ0n) is 15.8. The van der Waals surface area contributed by atoms with Gasteiger partial charge in [0.2, 0.25) is 5.91 Å². The molecule has 0 atom stereocenters. The minimum Gasteiger partial charge on any atom is -0.340 e. The van der Waals surface area contributed by atoms with E-state index < -0.39 is 0 Å². The highest BCUT2D eigenvalue weighted by Crippen LogP contribution is 2.22. The summed E-state index contributed by atoms with van der Waals surface area (Å²) in [7, 11) is 0. The Balaban J connectivity index is 1.26. The lowest BCUT2D eigenvalue weighted by Gasteiger charge is -2.34. The molecule has 4 rings (SSSR count). The first-order chi connectivity index (χ1) is 13.5. The predicted octanol–water partition coefficient (Wildman–Crippen LogP) is 1.78. The molecular formula is C20H22N4O3S. The molecule has 0 aliphatic carbocycles. The third-order valence-electron chi connectivity index (χ3n) is 5.20. The monoisotopic (exact) mass is 398 g/mol. The van der Waals surface area contributed by atoms with Crippen LogP contribution in [0.1, 0.15) is 37.8 Å². The third kappa shape index (κ3) is 3.70. The van der Waals surface area contributed by atoms with Crippen LogP contribution >= 0.6 is 11.3 Å². The number of nitrogens with zero attached hydrogens (tertiary/aromatic N) is 4. The van der Waals surface area contributed by atoms with Crippen LogP contribution in [0.4, 0.5) is 0 Å². The number of carbonyl (C=O) groups is 3. The maximum absolute atomic E-state index is 12.6. The molecule has 3 amide bonds. The molecule has 0 unspecified atom stereocenters. The van der Waals surface area contributed by atoms with Crippen LogP contribution in [0.15, 0.2) is 29.6 Å². The van der Waals surface area contributed by atoms with Crippen LogP contribution in [-0.2, 0) is 11.3 Å². The van der Waals surface area contributed by atoms with Crippen LogP contribution in [-0.4, -0.2) is 70.1 Å². The Labute approximate surface area is 167 Å². The molecule has 1 aromatic heterocycles. The Kier molecular flexibility index (Phi) is 5.23. The predicted molar refractivity (Wildman–Crippen MR) is 105 cm³/mol. The standard InChI is InChI=1S/C20H22N4O3S/c1-14-21-15(13-28-14)12-22-8-10-23(11-9-22)18(25)6-7-24-19(26)16-4-2-3-5-17(16)20(24)27/h2-5,13H,6-12H2,1H3. The van der Waals surface area contributed by atoms with Crippen LogP contribution in [0.25, 0.3) is 0 Å². The number of carbonyl (C=O) groups excluding carboxylic acids is 3. The van der Waals surface area contributed by atoms with Crippen molar-refractivity contribution < 1.29 is 14.4 Å². The maximum atomic E-state index is 12.6. The highest BCUT2D eigenvalue weighted by Gasteiger charge is 2.35. The van der Waals surface area contributed by atoms with Crippen molar-refractivity contribution in [3.05, 3.63) is 51.5 Å². The van der Waals surface area contributed by atoms with Crippen molar-refractivity contribution >= 4 is 29.1 Å². The number of imide groups is 1. The number of piperazine rings is 1. The Hall–Kier alpha value is -2.58. The van der Waals surface area contributed by atoms with E-state index in [9.17, 15) is 14.4 Å². The van der Waals surface area contributed by atoms with Crippen molar-refractivity contribution in [3.63, 3.8) is 0 Å². The van der Waals surface area contributed by atoms with Crippen molar-refractivity contribution in [1.82, 2.24) is 19.7 Å². The Morgan fingerprint density at radius 2 is 1.71 bits per heavy atom. The number of aryl methyl sites for hydroxylation is 1. The van der Waals surface area contributed by atoms with Crippen LogP contribution in [0, 0.1) is 6.92 Å². The zero-order chi connectivity index (χ0) is 19.7. The second-order valence-corrected chi connectivity index (χ2v) is 8.13. The number of fused-ring (bicyclic) bond motifs is 1. The molecule has 3 heterocycles. The quantitative estimate of drug-likeness (QED) is 0.718. The number of aromatic nitrogens is 1. The van der Waals surface area contributed by atoms with Crippen LogP contribution in [0.2, 0.25) is 0 Å². The molecule has 0 spiro atoms. The van der Waals surface area contributed by atoms with E-state index in [-0.39, 0.29) is 30.7 Å².